The van der Waals surface area contributed by atoms with Crippen molar-refractivity contribution < 1.29 is 9.53 Å². The quantitative estimate of drug-likeness (QED) is 0.682. The van der Waals surface area contributed by atoms with Crippen molar-refractivity contribution in [2.75, 3.05) is 12.4 Å². The van der Waals surface area contributed by atoms with Crippen LogP contribution in [0.1, 0.15) is 13.3 Å². The number of carbonyl (C=O) groups is 1. The summed E-state index contributed by atoms with van der Waals surface area (Å²) < 4.78 is 5.10. The molecule has 2 rings (SSSR count). The molecule has 1 amide bonds. The van der Waals surface area contributed by atoms with Gasteiger partial charge in [0.1, 0.15) is 5.75 Å². The van der Waals surface area contributed by atoms with Gasteiger partial charge in [-0.25, -0.2) is 0 Å². The highest BCUT2D eigenvalue weighted by Gasteiger charge is 2.18. The summed E-state index contributed by atoms with van der Waals surface area (Å²) in [5.41, 5.74) is 0.649. The van der Waals surface area contributed by atoms with Crippen LogP contribution in [0.5, 0.6) is 5.75 Å². The summed E-state index contributed by atoms with van der Waals surface area (Å²) in [7, 11) is 1.55. The Hall–Kier alpha value is -1.36. The minimum Gasteiger partial charge on any atom is -0.495 e. The Bertz CT molecular complexity index is 677. The van der Waals surface area contributed by atoms with E-state index in [1.165, 1.54) is 11.8 Å². The van der Waals surface area contributed by atoms with E-state index in [1.54, 1.807) is 25.3 Å². The van der Waals surface area contributed by atoms with Gasteiger partial charge in [-0.1, -0.05) is 30.1 Å². The molecule has 0 aliphatic heterocycles. The van der Waals surface area contributed by atoms with Gasteiger partial charge in [0.15, 0.2) is 0 Å². The van der Waals surface area contributed by atoms with Crippen LogP contribution in [0.4, 0.5) is 5.69 Å². The third-order valence-electron chi connectivity index (χ3n) is 3.17. The molecule has 0 saturated heterocycles. The maximum Gasteiger partial charge on any atom is 0.237 e. The van der Waals surface area contributed by atoms with Crippen molar-refractivity contribution >= 4 is 46.6 Å². The van der Waals surface area contributed by atoms with Gasteiger partial charge in [0, 0.05) is 15.6 Å². The Morgan fingerprint density at radius 2 is 1.91 bits per heavy atom. The molecule has 1 N–H and O–H groups in total. The van der Waals surface area contributed by atoms with Crippen LogP contribution in [0.3, 0.4) is 0 Å². The molecule has 0 heterocycles. The van der Waals surface area contributed by atoms with Gasteiger partial charge in [-0.3, -0.25) is 4.79 Å². The summed E-state index contributed by atoms with van der Waals surface area (Å²) in [4.78, 5) is 13.5. The van der Waals surface area contributed by atoms with E-state index in [2.05, 4.69) is 5.32 Å². The van der Waals surface area contributed by atoms with Crippen molar-refractivity contribution in [2.45, 2.75) is 23.5 Å². The second-order valence-corrected chi connectivity index (χ2v) is 6.93. The summed E-state index contributed by atoms with van der Waals surface area (Å²) in [6.45, 7) is 1.98. The third-order valence-corrected chi connectivity index (χ3v) is 5.10. The largest absolute Gasteiger partial charge is 0.495 e. The molecule has 1 atom stereocenters. The summed E-state index contributed by atoms with van der Waals surface area (Å²) in [5.74, 6) is 0.515. The molecule has 0 bridgehead atoms. The lowest BCUT2D eigenvalue weighted by Crippen LogP contribution is -2.24. The highest BCUT2D eigenvalue weighted by Crippen LogP contribution is 2.30. The van der Waals surface area contributed by atoms with Crippen LogP contribution in [0.2, 0.25) is 10.0 Å². The molecule has 3 nitrogen and oxygen atoms in total. The zero-order chi connectivity index (χ0) is 16.8. The molecule has 0 aliphatic carbocycles. The summed E-state index contributed by atoms with van der Waals surface area (Å²) in [6.07, 6.45) is 0.711. The summed E-state index contributed by atoms with van der Waals surface area (Å²) >= 11 is 13.5. The minimum absolute atomic E-state index is 0.0614. The van der Waals surface area contributed by atoms with E-state index in [4.69, 9.17) is 27.9 Å². The van der Waals surface area contributed by atoms with Crippen LogP contribution < -0.4 is 10.1 Å². The smallest absolute Gasteiger partial charge is 0.237 e. The number of anilines is 1. The first kappa shape index (κ1) is 18.0. The van der Waals surface area contributed by atoms with Crippen LogP contribution in [-0.4, -0.2) is 18.3 Å². The number of thioether (sulfide) groups is 1. The lowest BCUT2D eigenvalue weighted by molar-refractivity contribution is -0.115. The standard InChI is InChI=1S/C17H17Cl2NO2S/c1-3-16(23-13-7-4-11(18)5-8-13)17(21)20-12-6-9-15(22-2)14(19)10-12/h4-10,16H,3H2,1-2H3,(H,20,21). The highest BCUT2D eigenvalue weighted by molar-refractivity contribution is 8.00. The second kappa shape index (κ2) is 8.48. The van der Waals surface area contributed by atoms with Crippen molar-refractivity contribution in [3.8, 4) is 5.75 Å². The normalized spacial score (nSPS) is 11.8. The van der Waals surface area contributed by atoms with E-state index in [9.17, 15) is 4.79 Å². The number of rotatable bonds is 6. The number of carbonyl (C=O) groups excluding carboxylic acids is 1. The number of hydrogen-bond donors (Lipinski definition) is 1. The van der Waals surface area contributed by atoms with Gasteiger partial charge in [0.2, 0.25) is 5.91 Å². The van der Waals surface area contributed by atoms with Gasteiger partial charge in [0.05, 0.1) is 17.4 Å². The zero-order valence-corrected chi connectivity index (χ0v) is 15.1. The third kappa shape index (κ3) is 5.06. The molecule has 0 saturated carbocycles. The monoisotopic (exact) mass is 369 g/mol. The first-order valence-electron chi connectivity index (χ1n) is 7.10. The SMILES string of the molecule is CCC(Sc1ccc(Cl)cc1)C(=O)Nc1ccc(OC)c(Cl)c1. The van der Waals surface area contributed by atoms with E-state index in [-0.39, 0.29) is 11.2 Å². The number of nitrogens with one attached hydrogen (secondary N) is 1. The van der Waals surface area contributed by atoms with Crippen molar-refractivity contribution in [1.29, 1.82) is 0 Å². The average molecular weight is 370 g/mol. The second-order valence-electron chi connectivity index (χ2n) is 4.81. The Balaban J connectivity index is 2.04. The molecule has 2 aromatic carbocycles. The fourth-order valence-electron chi connectivity index (χ4n) is 1.97. The molecule has 0 aliphatic rings. The van der Waals surface area contributed by atoms with Gasteiger partial charge < -0.3 is 10.1 Å². The molecule has 23 heavy (non-hydrogen) atoms. The molecule has 122 valence electrons. The average Bonchev–Trinajstić information content (AvgIpc) is 2.54. The molecule has 0 fully saturated rings. The molecular formula is C17H17Cl2NO2S. The van der Waals surface area contributed by atoms with E-state index in [1.807, 2.05) is 31.2 Å². The maximum absolute atomic E-state index is 12.4. The zero-order valence-electron chi connectivity index (χ0n) is 12.8. The van der Waals surface area contributed by atoms with Crippen molar-refractivity contribution in [2.24, 2.45) is 0 Å². The van der Waals surface area contributed by atoms with E-state index in [0.717, 1.165) is 4.90 Å². The fourth-order valence-corrected chi connectivity index (χ4v) is 3.30. The van der Waals surface area contributed by atoms with Gasteiger partial charge in [-0.2, -0.15) is 0 Å². The Labute approximate surface area is 150 Å². The van der Waals surface area contributed by atoms with Crippen LogP contribution >= 0.6 is 35.0 Å². The summed E-state index contributed by atoms with van der Waals surface area (Å²) in [5, 5.41) is 3.84. The number of halogens is 2. The van der Waals surface area contributed by atoms with E-state index >= 15 is 0 Å². The summed E-state index contributed by atoms with van der Waals surface area (Å²) in [6, 6.07) is 12.6. The van der Waals surface area contributed by atoms with E-state index < -0.39 is 0 Å². The predicted octanol–water partition coefficient (Wildman–Crippen LogP) is 5.51. The molecule has 0 spiro atoms. The Morgan fingerprint density at radius 1 is 1.22 bits per heavy atom. The molecule has 2 aromatic rings. The van der Waals surface area contributed by atoms with E-state index in [0.29, 0.717) is 27.9 Å². The predicted molar refractivity (Wildman–Crippen MR) is 98.0 cm³/mol. The Morgan fingerprint density at radius 3 is 2.48 bits per heavy atom. The maximum atomic E-state index is 12.4. The van der Waals surface area contributed by atoms with Crippen LogP contribution in [0.25, 0.3) is 0 Å². The first-order chi connectivity index (χ1) is 11.0. The molecule has 0 radical (unpaired) electrons. The van der Waals surface area contributed by atoms with Crippen molar-refractivity contribution in [3.63, 3.8) is 0 Å². The first-order valence-corrected chi connectivity index (χ1v) is 8.73. The van der Waals surface area contributed by atoms with Crippen molar-refractivity contribution in [3.05, 3.63) is 52.5 Å². The van der Waals surface area contributed by atoms with Gasteiger partial charge in [-0.05, 0) is 48.9 Å². The van der Waals surface area contributed by atoms with Crippen LogP contribution in [0.15, 0.2) is 47.4 Å². The lowest BCUT2D eigenvalue weighted by Gasteiger charge is -2.15. The lowest BCUT2D eigenvalue weighted by atomic mass is 10.2. The number of ether oxygens (including phenoxy) is 1. The molecule has 0 aromatic heterocycles. The minimum atomic E-state index is -0.197. The highest BCUT2D eigenvalue weighted by atomic mass is 35.5. The number of hydrogen-bond acceptors (Lipinski definition) is 3. The van der Waals surface area contributed by atoms with Crippen LogP contribution in [-0.2, 0) is 4.79 Å². The Kier molecular flexibility index (Phi) is 6.63. The number of amides is 1. The van der Waals surface area contributed by atoms with Gasteiger partial charge >= 0.3 is 0 Å². The van der Waals surface area contributed by atoms with Gasteiger partial charge in [-0.15, -0.1) is 11.8 Å². The van der Waals surface area contributed by atoms with Crippen molar-refractivity contribution in [1.82, 2.24) is 0 Å². The fraction of sp³-hybridized carbons (Fsp3) is 0.235. The number of methoxy groups -OCH3 is 1. The molecular weight excluding hydrogens is 353 g/mol. The topological polar surface area (TPSA) is 38.3 Å². The number of benzene rings is 2. The van der Waals surface area contributed by atoms with Gasteiger partial charge in [0.25, 0.3) is 0 Å². The van der Waals surface area contributed by atoms with Crippen LogP contribution in [0, 0.1) is 0 Å². The molecule has 6 heteroatoms. The molecule has 1 unspecified atom stereocenters.